The maximum absolute atomic E-state index is 6.09. The van der Waals surface area contributed by atoms with Crippen LogP contribution in [-0.2, 0) is 0 Å². The van der Waals surface area contributed by atoms with Gasteiger partial charge in [-0.05, 0) is 6.42 Å². The molecular weight excluding hydrogens is 242 g/mol. The summed E-state index contributed by atoms with van der Waals surface area (Å²) in [5.41, 5.74) is 7.92. The molecule has 0 saturated heterocycles. The minimum Gasteiger partial charge on any atom is -0.489 e. The molecule has 1 aliphatic heterocycles. The normalized spacial score (nSPS) is 16.3. The quantitative estimate of drug-likeness (QED) is 0.890. The largest absolute Gasteiger partial charge is 0.489 e. The van der Waals surface area contributed by atoms with Crippen LogP contribution in [0.1, 0.15) is 38.1 Å². The molecule has 2 heterocycles. The summed E-state index contributed by atoms with van der Waals surface area (Å²) in [6.45, 7) is 3.49. The predicted octanol–water partition coefficient (Wildman–Crippen LogP) is 2.52. The lowest BCUT2D eigenvalue weighted by Crippen LogP contribution is -2.11. The predicted molar refractivity (Wildman–Crippen MR) is 73.5 cm³/mol. The fourth-order valence-electron chi connectivity index (χ4n) is 2.31. The summed E-state index contributed by atoms with van der Waals surface area (Å²) in [5.74, 6) is 2.38. The molecule has 102 valence electrons. The van der Waals surface area contributed by atoms with E-state index in [4.69, 9.17) is 15.2 Å². The Labute approximate surface area is 112 Å². The van der Waals surface area contributed by atoms with Crippen molar-refractivity contribution in [3.8, 4) is 11.5 Å². The molecule has 5 nitrogen and oxygen atoms in total. The van der Waals surface area contributed by atoms with E-state index in [0.29, 0.717) is 13.2 Å². The molecule has 0 fully saturated rings. The van der Waals surface area contributed by atoms with Crippen LogP contribution < -0.4 is 15.2 Å². The zero-order valence-electron chi connectivity index (χ0n) is 11.1. The number of imidazole rings is 1. The Kier molecular flexibility index (Phi) is 3.29. The van der Waals surface area contributed by atoms with Gasteiger partial charge in [0, 0.05) is 18.6 Å². The van der Waals surface area contributed by atoms with Crippen LogP contribution in [0.15, 0.2) is 12.1 Å². The summed E-state index contributed by atoms with van der Waals surface area (Å²) < 4.78 is 11.3. The Morgan fingerprint density at radius 3 is 2.79 bits per heavy atom. The Bertz CT molecular complexity index is 536. The van der Waals surface area contributed by atoms with Crippen LogP contribution in [0.5, 0.6) is 11.5 Å². The Morgan fingerprint density at radius 1 is 1.32 bits per heavy atom. The lowest BCUT2D eigenvalue weighted by molar-refractivity contribution is 0.297. The van der Waals surface area contributed by atoms with Crippen LogP contribution in [-0.4, -0.2) is 23.2 Å². The molecule has 19 heavy (non-hydrogen) atoms. The second-order valence-electron chi connectivity index (χ2n) is 4.88. The topological polar surface area (TPSA) is 73.2 Å². The summed E-state index contributed by atoms with van der Waals surface area (Å²) in [7, 11) is 0. The van der Waals surface area contributed by atoms with Crippen LogP contribution in [0.25, 0.3) is 11.0 Å². The molecule has 0 bridgehead atoms. The summed E-state index contributed by atoms with van der Waals surface area (Å²) in [5, 5.41) is 0. The number of nitrogens with two attached hydrogens (primary N) is 1. The Balaban J connectivity index is 1.99. The summed E-state index contributed by atoms with van der Waals surface area (Å²) in [6, 6.07) is 3.83. The molecule has 5 heteroatoms. The van der Waals surface area contributed by atoms with E-state index in [1.54, 1.807) is 0 Å². The number of nitrogens with one attached hydrogen (secondary N) is 1. The van der Waals surface area contributed by atoms with Crippen molar-refractivity contribution in [2.24, 2.45) is 5.73 Å². The number of rotatable bonds is 3. The number of aromatic nitrogens is 2. The van der Waals surface area contributed by atoms with Gasteiger partial charge in [0.25, 0.3) is 0 Å². The number of benzene rings is 1. The molecule has 0 aliphatic carbocycles. The number of nitrogens with zero attached hydrogens (tertiary/aromatic N) is 1. The molecule has 0 radical (unpaired) electrons. The first kappa shape index (κ1) is 12.3. The molecule has 2 aromatic rings. The van der Waals surface area contributed by atoms with Gasteiger partial charge < -0.3 is 20.2 Å². The molecule has 1 aliphatic rings. The minimum absolute atomic E-state index is 0.0426. The number of hydrogen-bond acceptors (Lipinski definition) is 4. The van der Waals surface area contributed by atoms with E-state index in [0.717, 1.165) is 47.6 Å². The maximum Gasteiger partial charge on any atom is 0.163 e. The van der Waals surface area contributed by atoms with Crippen LogP contribution in [0.2, 0.25) is 0 Å². The first-order chi connectivity index (χ1) is 9.28. The van der Waals surface area contributed by atoms with E-state index in [1.165, 1.54) is 0 Å². The van der Waals surface area contributed by atoms with Gasteiger partial charge in [-0.2, -0.15) is 0 Å². The molecule has 0 amide bonds. The van der Waals surface area contributed by atoms with Gasteiger partial charge in [-0.15, -0.1) is 0 Å². The molecular formula is C14H19N3O2. The fraction of sp³-hybridized carbons (Fsp3) is 0.500. The second kappa shape index (κ2) is 5.09. The lowest BCUT2D eigenvalue weighted by Gasteiger charge is -2.05. The van der Waals surface area contributed by atoms with E-state index in [-0.39, 0.29) is 6.04 Å². The number of aromatic amines is 1. The highest BCUT2D eigenvalue weighted by atomic mass is 16.5. The van der Waals surface area contributed by atoms with Crippen molar-refractivity contribution in [2.75, 3.05) is 13.2 Å². The van der Waals surface area contributed by atoms with Gasteiger partial charge in [0.15, 0.2) is 11.5 Å². The molecule has 3 rings (SSSR count). The van der Waals surface area contributed by atoms with Crippen LogP contribution in [0, 0.1) is 0 Å². The van der Waals surface area contributed by atoms with Crippen molar-refractivity contribution in [2.45, 2.75) is 32.2 Å². The lowest BCUT2D eigenvalue weighted by atomic mass is 10.2. The van der Waals surface area contributed by atoms with E-state index in [9.17, 15) is 0 Å². The van der Waals surface area contributed by atoms with Gasteiger partial charge >= 0.3 is 0 Å². The molecule has 1 atom stereocenters. The monoisotopic (exact) mass is 261 g/mol. The van der Waals surface area contributed by atoms with Gasteiger partial charge in [0.2, 0.25) is 0 Å². The molecule has 0 saturated carbocycles. The van der Waals surface area contributed by atoms with Gasteiger partial charge in [-0.3, -0.25) is 0 Å². The zero-order chi connectivity index (χ0) is 13.2. The minimum atomic E-state index is -0.0426. The summed E-state index contributed by atoms with van der Waals surface area (Å²) in [6.07, 6.45) is 2.87. The molecule has 3 N–H and O–H groups in total. The average Bonchev–Trinajstić information content (AvgIpc) is 2.67. The van der Waals surface area contributed by atoms with Crippen LogP contribution in [0.4, 0.5) is 0 Å². The smallest absolute Gasteiger partial charge is 0.163 e. The number of ether oxygens (including phenoxy) is 2. The van der Waals surface area contributed by atoms with Crippen molar-refractivity contribution in [3.05, 3.63) is 18.0 Å². The first-order valence-corrected chi connectivity index (χ1v) is 6.82. The Hall–Kier alpha value is -1.75. The first-order valence-electron chi connectivity index (χ1n) is 6.82. The number of hydrogen-bond donors (Lipinski definition) is 2. The van der Waals surface area contributed by atoms with Crippen molar-refractivity contribution in [1.82, 2.24) is 9.97 Å². The van der Waals surface area contributed by atoms with Crippen LogP contribution >= 0.6 is 0 Å². The van der Waals surface area contributed by atoms with E-state index in [2.05, 4.69) is 16.9 Å². The Morgan fingerprint density at radius 2 is 2.05 bits per heavy atom. The van der Waals surface area contributed by atoms with E-state index in [1.807, 2.05) is 12.1 Å². The standard InChI is InChI=1S/C14H19N3O2/c1-2-4-9(15)14-16-10-7-12-13(8-11(10)17-14)19-6-3-5-18-12/h7-9H,2-6,15H2,1H3,(H,16,17). The number of fused-ring (bicyclic) bond motifs is 2. The molecule has 0 spiro atoms. The van der Waals surface area contributed by atoms with Crippen molar-refractivity contribution < 1.29 is 9.47 Å². The maximum atomic E-state index is 6.09. The zero-order valence-corrected chi connectivity index (χ0v) is 11.1. The van der Waals surface area contributed by atoms with Gasteiger partial charge in [0.05, 0.1) is 30.3 Å². The second-order valence-corrected chi connectivity index (χ2v) is 4.88. The highest BCUT2D eigenvalue weighted by molar-refractivity contribution is 5.80. The third-order valence-corrected chi connectivity index (χ3v) is 3.32. The summed E-state index contributed by atoms with van der Waals surface area (Å²) >= 11 is 0. The van der Waals surface area contributed by atoms with Crippen LogP contribution in [0.3, 0.4) is 0 Å². The highest BCUT2D eigenvalue weighted by Gasteiger charge is 2.15. The highest BCUT2D eigenvalue weighted by Crippen LogP contribution is 2.33. The van der Waals surface area contributed by atoms with E-state index >= 15 is 0 Å². The van der Waals surface area contributed by atoms with Crippen molar-refractivity contribution >= 4 is 11.0 Å². The molecule has 1 unspecified atom stereocenters. The molecule has 1 aromatic heterocycles. The average molecular weight is 261 g/mol. The fourth-order valence-corrected chi connectivity index (χ4v) is 2.31. The van der Waals surface area contributed by atoms with Gasteiger partial charge in [-0.1, -0.05) is 13.3 Å². The number of H-pyrrole nitrogens is 1. The third-order valence-electron chi connectivity index (χ3n) is 3.32. The van der Waals surface area contributed by atoms with Gasteiger partial charge in [-0.25, -0.2) is 4.98 Å². The SMILES string of the molecule is CCCC(N)c1nc2cc3c(cc2[nH]1)OCCCO3. The molecule has 1 aromatic carbocycles. The van der Waals surface area contributed by atoms with E-state index < -0.39 is 0 Å². The third kappa shape index (κ3) is 2.38. The summed E-state index contributed by atoms with van der Waals surface area (Å²) in [4.78, 5) is 7.83. The van der Waals surface area contributed by atoms with Crippen molar-refractivity contribution in [3.63, 3.8) is 0 Å². The van der Waals surface area contributed by atoms with Gasteiger partial charge in [0.1, 0.15) is 5.82 Å². The van der Waals surface area contributed by atoms with Crippen molar-refractivity contribution in [1.29, 1.82) is 0 Å².